The average Bonchev–Trinajstić information content (AvgIpc) is 2.85. The molecule has 0 bridgehead atoms. The number of aliphatic hydroxyl groups excluding tert-OH is 1. The second-order valence-corrected chi connectivity index (χ2v) is 9.47. The number of carbonyl (C=O) groups is 3. The van der Waals surface area contributed by atoms with Crippen molar-refractivity contribution in [3.8, 4) is 5.75 Å². The zero-order chi connectivity index (χ0) is 25.5. The van der Waals surface area contributed by atoms with E-state index in [1.54, 1.807) is 24.2 Å². The Kier molecular flexibility index (Phi) is 9.45. The minimum absolute atomic E-state index is 0.205. The van der Waals surface area contributed by atoms with Gasteiger partial charge in [0, 0.05) is 37.2 Å². The molecule has 2 N–H and O–H groups in total. The Bertz CT molecular complexity index is 1130. The van der Waals surface area contributed by atoms with E-state index in [0.29, 0.717) is 15.6 Å². The van der Waals surface area contributed by atoms with Crippen molar-refractivity contribution in [2.75, 3.05) is 33.3 Å². The summed E-state index contributed by atoms with van der Waals surface area (Å²) < 4.78 is 5.37. The zero-order valence-electron chi connectivity index (χ0n) is 18.8. The van der Waals surface area contributed by atoms with E-state index in [4.69, 9.17) is 33.0 Å². The van der Waals surface area contributed by atoms with Gasteiger partial charge in [-0.3, -0.25) is 14.4 Å². The maximum atomic E-state index is 12.6. The molecule has 1 saturated heterocycles. The summed E-state index contributed by atoms with van der Waals surface area (Å²) in [6.45, 7) is 0.933. The van der Waals surface area contributed by atoms with Crippen LogP contribution in [-0.2, 0) is 14.4 Å². The van der Waals surface area contributed by atoms with Gasteiger partial charge in [0.2, 0.25) is 5.91 Å². The fourth-order valence-corrected chi connectivity index (χ4v) is 4.99. The molecule has 0 aliphatic carbocycles. The lowest BCUT2D eigenvalue weighted by atomic mass is 10.2. The van der Waals surface area contributed by atoms with E-state index in [9.17, 15) is 19.5 Å². The molecule has 0 spiro atoms. The molecule has 35 heavy (non-hydrogen) atoms. The van der Waals surface area contributed by atoms with E-state index >= 15 is 0 Å². The summed E-state index contributed by atoms with van der Waals surface area (Å²) in [5.41, 5.74) is 0.583. The van der Waals surface area contributed by atoms with Crippen molar-refractivity contribution in [1.29, 1.82) is 0 Å². The normalized spacial score (nSPS) is 14.7. The Morgan fingerprint density at radius 3 is 2.34 bits per heavy atom. The van der Waals surface area contributed by atoms with Crippen molar-refractivity contribution in [2.24, 2.45) is 0 Å². The number of carboxylic acid groups (broad SMARTS) is 1. The van der Waals surface area contributed by atoms with Crippen molar-refractivity contribution in [1.82, 2.24) is 9.80 Å². The molecule has 0 aromatic heterocycles. The van der Waals surface area contributed by atoms with Crippen LogP contribution >= 0.6 is 35.0 Å². The van der Waals surface area contributed by atoms with Gasteiger partial charge >= 0.3 is 5.97 Å². The molecule has 3 rings (SSSR count). The lowest BCUT2D eigenvalue weighted by molar-refractivity contribution is -0.150. The van der Waals surface area contributed by atoms with Gasteiger partial charge in [0.25, 0.3) is 5.91 Å². The molecule has 1 aliphatic rings. The molecule has 2 aromatic carbocycles. The van der Waals surface area contributed by atoms with Gasteiger partial charge in [-0.25, -0.2) is 0 Å². The SMILES string of the molecule is COc1ccccc1Sc1ccc(/C=C/C(=O)N2CCN(C(=O)[C@H](O)CC(=O)O)CC2)c(Cl)c1Cl. The Balaban J connectivity index is 1.61. The summed E-state index contributed by atoms with van der Waals surface area (Å²) in [6, 6.07) is 11.1. The first-order chi connectivity index (χ1) is 16.7. The van der Waals surface area contributed by atoms with Crippen LogP contribution in [0.5, 0.6) is 5.75 Å². The lowest BCUT2D eigenvalue weighted by Crippen LogP contribution is -2.52. The number of aliphatic carboxylic acids is 1. The van der Waals surface area contributed by atoms with E-state index in [0.717, 1.165) is 15.5 Å². The summed E-state index contributed by atoms with van der Waals surface area (Å²) in [7, 11) is 1.60. The highest BCUT2D eigenvalue weighted by molar-refractivity contribution is 7.99. The number of amides is 2. The number of carbonyl (C=O) groups excluding carboxylic acids is 2. The maximum Gasteiger partial charge on any atom is 0.306 e. The summed E-state index contributed by atoms with van der Waals surface area (Å²) >= 11 is 14.4. The number of hydrogen-bond acceptors (Lipinski definition) is 6. The van der Waals surface area contributed by atoms with Crippen molar-refractivity contribution in [3.05, 3.63) is 58.1 Å². The Morgan fingerprint density at radius 1 is 1.03 bits per heavy atom. The van der Waals surface area contributed by atoms with Crippen molar-refractivity contribution in [2.45, 2.75) is 22.3 Å². The highest BCUT2D eigenvalue weighted by Crippen LogP contribution is 2.42. The minimum Gasteiger partial charge on any atom is -0.496 e. The van der Waals surface area contributed by atoms with Gasteiger partial charge in [0.05, 0.1) is 28.5 Å². The number of halogens is 2. The minimum atomic E-state index is -1.59. The first kappa shape index (κ1) is 26.9. The van der Waals surface area contributed by atoms with Crippen molar-refractivity contribution < 1.29 is 29.3 Å². The average molecular weight is 539 g/mol. The Labute approximate surface area is 217 Å². The number of rotatable bonds is 8. The van der Waals surface area contributed by atoms with Crippen LogP contribution < -0.4 is 4.74 Å². The number of piperazine rings is 1. The molecule has 0 radical (unpaired) electrons. The Hall–Kier alpha value is -2.72. The number of carboxylic acids is 1. The second-order valence-electron chi connectivity index (χ2n) is 7.63. The highest BCUT2D eigenvalue weighted by atomic mass is 35.5. The smallest absolute Gasteiger partial charge is 0.306 e. The number of aliphatic hydroxyl groups is 1. The zero-order valence-corrected chi connectivity index (χ0v) is 21.1. The Morgan fingerprint density at radius 2 is 1.69 bits per heavy atom. The van der Waals surface area contributed by atoms with Crippen molar-refractivity contribution in [3.63, 3.8) is 0 Å². The summed E-state index contributed by atoms with van der Waals surface area (Å²) in [6.07, 6.45) is 0.731. The van der Waals surface area contributed by atoms with Crippen LogP contribution in [0.25, 0.3) is 6.08 Å². The van der Waals surface area contributed by atoms with E-state index < -0.39 is 24.4 Å². The van der Waals surface area contributed by atoms with Gasteiger partial charge in [-0.2, -0.15) is 0 Å². The summed E-state index contributed by atoms with van der Waals surface area (Å²) in [5, 5.41) is 19.1. The third-order valence-electron chi connectivity index (χ3n) is 5.33. The van der Waals surface area contributed by atoms with Crippen LogP contribution in [0.4, 0.5) is 0 Å². The molecule has 1 fully saturated rings. The number of para-hydroxylation sites is 1. The number of ether oxygens (including phenoxy) is 1. The predicted molar refractivity (Wildman–Crippen MR) is 134 cm³/mol. The number of methoxy groups -OCH3 is 1. The van der Waals surface area contributed by atoms with Crippen molar-refractivity contribution >= 4 is 58.8 Å². The molecular weight excluding hydrogens is 515 g/mol. The standard InChI is InChI=1S/C24H24Cl2N2O6S/c1-34-17-4-2-3-5-18(17)35-19-8-6-15(22(25)23(19)26)7-9-20(30)27-10-12-28(13-11-27)24(33)16(29)14-21(31)32/h2-9,16,29H,10-14H2,1H3,(H,31,32)/b9-7+/t16-/m1/s1. The quantitative estimate of drug-likeness (QED) is 0.493. The van der Waals surface area contributed by atoms with E-state index in [2.05, 4.69) is 0 Å². The molecule has 1 atom stereocenters. The van der Waals surface area contributed by atoms with Gasteiger partial charge in [0.1, 0.15) is 11.9 Å². The highest BCUT2D eigenvalue weighted by Gasteiger charge is 2.28. The van der Waals surface area contributed by atoms with Gasteiger partial charge in [0.15, 0.2) is 0 Å². The first-order valence-electron chi connectivity index (χ1n) is 10.7. The van der Waals surface area contributed by atoms with Crippen LogP contribution in [0.2, 0.25) is 10.0 Å². The molecule has 8 nitrogen and oxygen atoms in total. The van der Waals surface area contributed by atoms with Crippen LogP contribution in [0, 0.1) is 0 Å². The molecule has 2 aromatic rings. The summed E-state index contributed by atoms with van der Waals surface area (Å²) in [5.74, 6) is -1.45. The van der Waals surface area contributed by atoms with Gasteiger partial charge in [-0.05, 0) is 29.8 Å². The third kappa shape index (κ3) is 6.91. The number of nitrogens with zero attached hydrogens (tertiary/aromatic N) is 2. The van der Waals surface area contributed by atoms with Crippen LogP contribution in [0.15, 0.2) is 52.3 Å². The van der Waals surface area contributed by atoms with Gasteiger partial charge < -0.3 is 24.7 Å². The monoisotopic (exact) mass is 538 g/mol. The molecule has 11 heteroatoms. The maximum absolute atomic E-state index is 12.6. The van der Waals surface area contributed by atoms with Crippen LogP contribution in [0.1, 0.15) is 12.0 Å². The third-order valence-corrected chi connectivity index (χ3v) is 7.45. The number of hydrogen-bond donors (Lipinski definition) is 2. The molecule has 1 aliphatic heterocycles. The van der Waals surface area contributed by atoms with E-state index in [1.807, 2.05) is 30.3 Å². The number of benzene rings is 2. The fraction of sp³-hybridized carbons (Fsp3) is 0.292. The molecule has 0 saturated carbocycles. The largest absolute Gasteiger partial charge is 0.496 e. The lowest BCUT2D eigenvalue weighted by Gasteiger charge is -2.35. The van der Waals surface area contributed by atoms with Gasteiger partial charge in [-0.15, -0.1) is 0 Å². The molecule has 2 amide bonds. The van der Waals surface area contributed by atoms with Crippen LogP contribution in [0.3, 0.4) is 0 Å². The predicted octanol–water partition coefficient (Wildman–Crippen LogP) is 3.67. The fourth-order valence-electron chi connectivity index (χ4n) is 3.45. The van der Waals surface area contributed by atoms with E-state index in [-0.39, 0.29) is 32.1 Å². The molecule has 1 heterocycles. The van der Waals surface area contributed by atoms with Crippen LogP contribution in [-0.4, -0.2) is 77.2 Å². The molecule has 186 valence electrons. The topological polar surface area (TPSA) is 107 Å². The first-order valence-corrected chi connectivity index (χ1v) is 12.2. The molecule has 0 unspecified atom stereocenters. The second kappa shape index (κ2) is 12.3. The van der Waals surface area contributed by atoms with E-state index in [1.165, 1.54) is 22.7 Å². The molecular formula is C24H24Cl2N2O6S. The van der Waals surface area contributed by atoms with Gasteiger partial charge in [-0.1, -0.05) is 53.2 Å². The summed E-state index contributed by atoms with van der Waals surface area (Å²) in [4.78, 5) is 40.0.